The van der Waals surface area contributed by atoms with E-state index in [1.165, 1.54) is 0 Å². The van der Waals surface area contributed by atoms with Gasteiger partial charge in [0.05, 0.1) is 6.54 Å². The van der Waals surface area contributed by atoms with Gasteiger partial charge in [0, 0.05) is 16.1 Å². The second-order valence-electron chi connectivity index (χ2n) is 6.41. The molecule has 0 fully saturated rings. The molecule has 0 saturated carbocycles. The summed E-state index contributed by atoms with van der Waals surface area (Å²) < 4.78 is 8.32. The number of halogens is 1. The lowest BCUT2D eigenvalue weighted by Crippen LogP contribution is -2.16. The molecule has 0 spiro atoms. The highest BCUT2D eigenvalue weighted by Crippen LogP contribution is 2.21. The number of aromatic amines is 1. The molecule has 0 bridgehead atoms. The van der Waals surface area contributed by atoms with Crippen molar-refractivity contribution >= 4 is 23.8 Å². The van der Waals surface area contributed by atoms with E-state index in [0.717, 1.165) is 28.3 Å². The third kappa shape index (κ3) is 4.67. The lowest BCUT2D eigenvalue weighted by molar-refractivity contribution is 0.303. The van der Waals surface area contributed by atoms with Crippen LogP contribution in [0, 0.1) is 4.77 Å². The van der Waals surface area contributed by atoms with E-state index in [0.29, 0.717) is 22.9 Å². The van der Waals surface area contributed by atoms with Gasteiger partial charge in [0.1, 0.15) is 12.4 Å². The Morgan fingerprint density at radius 3 is 2.48 bits per heavy atom. The molecule has 0 radical (unpaired) electrons. The van der Waals surface area contributed by atoms with Crippen LogP contribution >= 0.6 is 23.8 Å². The first-order valence-electron chi connectivity index (χ1n) is 9.12. The summed E-state index contributed by atoms with van der Waals surface area (Å²) in [6, 6.07) is 25.5. The second-order valence-corrected chi connectivity index (χ2v) is 7.23. The zero-order valence-electron chi connectivity index (χ0n) is 15.5. The molecule has 0 unspecified atom stereocenters. The van der Waals surface area contributed by atoms with E-state index in [2.05, 4.69) is 15.6 Å². The summed E-state index contributed by atoms with van der Waals surface area (Å²) in [5.74, 6) is 1.54. The van der Waals surface area contributed by atoms with Crippen LogP contribution in [0.25, 0.3) is 11.4 Å². The molecule has 146 valence electrons. The highest BCUT2D eigenvalue weighted by Gasteiger charge is 2.10. The Bertz CT molecular complexity index is 1140. The molecular formula is C22H19ClN4OS. The number of benzene rings is 3. The van der Waals surface area contributed by atoms with Crippen molar-refractivity contribution in [2.75, 3.05) is 5.43 Å². The van der Waals surface area contributed by atoms with Crippen molar-refractivity contribution in [3.8, 4) is 17.1 Å². The Labute approximate surface area is 178 Å². The lowest BCUT2D eigenvalue weighted by atomic mass is 10.2. The molecule has 0 aliphatic heterocycles. The average Bonchev–Trinajstić information content (AvgIpc) is 3.13. The summed E-state index contributed by atoms with van der Waals surface area (Å²) >= 11 is 11.3. The first kappa shape index (κ1) is 19.2. The first-order valence-corrected chi connectivity index (χ1v) is 9.91. The van der Waals surface area contributed by atoms with Gasteiger partial charge in [0.2, 0.25) is 4.77 Å². The molecule has 29 heavy (non-hydrogen) atoms. The van der Waals surface area contributed by atoms with Crippen LogP contribution in [0.2, 0.25) is 5.02 Å². The summed E-state index contributed by atoms with van der Waals surface area (Å²) in [6.45, 7) is 0.999. The minimum absolute atomic E-state index is 0.467. The van der Waals surface area contributed by atoms with Crippen molar-refractivity contribution in [3.05, 3.63) is 99.8 Å². The molecule has 5 nitrogen and oxygen atoms in total. The van der Waals surface area contributed by atoms with Crippen LogP contribution in [0.1, 0.15) is 11.1 Å². The van der Waals surface area contributed by atoms with E-state index in [1.54, 1.807) is 4.68 Å². The fourth-order valence-corrected chi connectivity index (χ4v) is 3.24. The van der Waals surface area contributed by atoms with Gasteiger partial charge in [-0.05, 0) is 36.0 Å². The van der Waals surface area contributed by atoms with Gasteiger partial charge in [-0.15, -0.1) is 0 Å². The van der Waals surface area contributed by atoms with Crippen molar-refractivity contribution in [3.63, 3.8) is 0 Å². The van der Waals surface area contributed by atoms with Gasteiger partial charge < -0.3 is 10.2 Å². The topological polar surface area (TPSA) is 54.9 Å². The number of aromatic nitrogens is 3. The van der Waals surface area contributed by atoms with E-state index < -0.39 is 0 Å². The van der Waals surface area contributed by atoms with Crippen LogP contribution in [-0.4, -0.2) is 14.9 Å². The number of hydrogen-bond acceptors (Lipinski definition) is 4. The Kier molecular flexibility index (Phi) is 5.93. The van der Waals surface area contributed by atoms with Crippen molar-refractivity contribution in [1.29, 1.82) is 0 Å². The Hall–Kier alpha value is -3.09. The van der Waals surface area contributed by atoms with Gasteiger partial charge in [-0.2, -0.15) is 5.10 Å². The van der Waals surface area contributed by atoms with Crippen LogP contribution in [0.15, 0.2) is 78.9 Å². The summed E-state index contributed by atoms with van der Waals surface area (Å²) in [6.07, 6.45) is 0. The normalized spacial score (nSPS) is 10.7. The second kappa shape index (κ2) is 8.94. The van der Waals surface area contributed by atoms with Crippen molar-refractivity contribution in [2.45, 2.75) is 13.2 Å². The van der Waals surface area contributed by atoms with Gasteiger partial charge in [-0.1, -0.05) is 72.3 Å². The molecule has 0 amide bonds. The monoisotopic (exact) mass is 422 g/mol. The highest BCUT2D eigenvalue weighted by molar-refractivity contribution is 7.71. The molecular weight excluding hydrogens is 404 g/mol. The number of H-pyrrole nitrogens is 1. The molecule has 4 rings (SSSR count). The van der Waals surface area contributed by atoms with Crippen LogP contribution in [0.4, 0.5) is 0 Å². The maximum Gasteiger partial charge on any atom is 0.214 e. The van der Waals surface area contributed by atoms with Crippen LogP contribution in [0.3, 0.4) is 0 Å². The molecule has 7 heteroatoms. The molecule has 1 heterocycles. The molecule has 0 atom stereocenters. The fourth-order valence-electron chi connectivity index (χ4n) is 2.92. The number of nitrogens with zero attached hydrogens (tertiary/aromatic N) is 2. The van der Waals surface area contributed by atoms with E-state index in [-0.39, 0.29) is 0 Å². The SMILES string of the molecule is S=c1[nH]nc(-c2ccccc2)n1NCc1ccccc1OCc1ccc(Cl)cc1. The lowest BCUT2D eigenvalue weighted by Gasteiger charge is -2.14. The molecule has 0 aliphatic rings. The van der Waals surface area contributed by atoms with Gasteiger partial charge in [0.15, 0.2) is 5.82 Å². The van der Waals surface area contributed by atoms with Crippen molar-refractivity contribution in [2.24, 2.45) is 0 Å². The smallest absolute Gasteiger partial charge is 0.214 e. The molecule has 4 aromatic rings. The van der Waals surface area contributed by atoms with Crippen molar-refractivity contribution in [1.82, 2.24) is 14.9 Å². The minimum Gasteiger partial charge on any atom is -0.489 e. The van der Waals surface area contributed by atoms with E-state index in [9.17, 15) is 0 Å². The predicted octanol–water partition coefficient (Wildman–Crippen LogP) is 5.58. The Balaban J connectivity index is 1.49. The van der Waals surface area contributed by atoms with Crippen LogP contribution in [-0.2, 0) is 13.2 Å². The van der Waals surface area contributed by atoms with E-state index >= 15 is 0 Å². The summed E-state index contributed by atoms with van der Waals surface area (Å²) in [4.78, 5) is 0. The maximum absolute atomic E-state index is 6.04. The number of ether oxygens (including phenoxy) is 1. The average molecular weight is 423 g/mol. The first-order chi connectivity index (χ1) is 14.2. The van der Waals surface area contributed by atoms with E-state index in [4.69, 9.17) is 28.6 Å². The minimum atomic E-state index is 0.467. The molecule has 3 aromatic carbocycles. The van der Waals surface area contributed by atoms with E-state index in [1.807, 2.05) is 78.9 Å². The molecule has 1 aromatic heterocycles. The standard InChI is InChI=1S/C22H19ClN4OS/c23-19-12-10-16(11-13-19)15-28-20-9-5-4-8-18(20)14-24-27-21(25-26-22(27)29)17-6-2-1-3-7-17/h1-13,24H,14-15H2,(H,26,29). The highest BCUT2D eigenvalue weighted by atomic mass is 35.5. The van der Waals surface area contributed by atoms with Crippen LogP contribution < -0.4 is 10.2 Å². The number of rotatable bonds is 7. The van der Waals surface area contributed by atoms with Crippen LogP contribution in [0.5, 0.6) is 5.75 Å². The largest absolute Gasteiger partial charge is 0.489 e. The third-order valence-electron chi connectivity index (χ3n) is 4.41. The predicted molar refractivity (Wildman–Crippen MR) is 118 cm³/mol. The van der Waals surface area contributed by atoms with Gasteiger partial charge in [-0.3, -0.25) is 0 Å². The summed E-state index contributed by atoms with van der Waals surface area (Å²) in [7, 11) is 0. The fraction of sp³-hybridized carbons (Fsp3) is 0.0909. The number of nitrogens with one attached hydrogen (secondary N) is 2. The Morgan fingerprint density at radius 1 is 0.966 bits per heavy atom. The number of hydrogen-bond donors (Lipinski definition) is 2. The Morgan fingerprint density at radius 2 is 1.69 bits per heavy atom. The quantitative estimate of drug-likeness (QED) is 0.381. The number of para-hydroxylation sites is 1. The molecule has 0 saturated heterocycles. The third-order valence-corrected chi connectivity index (χ3v) is 4.94. The zero-order chi connectivity index (χ0) is 20.1. The van der Waals surface area contributed by atoms with Crippen molar-refractivity contribution < 1.29 is 4.74 Å². The summed E-state index contributed by atoms with van der Waals surface area (Å²) in [5.41, 5.74) is 6.39. The zero-order valence-corrected chi connectivity index (χ0v) is 17.1. The maximum atomic E-state index is 6.04. The summed E-state index contributed by atoms with van der Waals surface area (Å²) in [5, 5.41) is 7.91. The van der Waals surface area contributed by atoms with Gasteiger partial charge in [0.25, 0.3) is 0 Å². The van der Waals surface area contributed by atoms with Gasteiger partial charge in [-0.25, -0.2) is 9.77 Å². The molecule has 2 N–H and O–H groups in total. The molecule has 0 aliphatic carbocycles. The van der Waals surface area contributed by atoms with Gasteiger partial charge >= 0.3 is 0 Å².